The molecular weight excluding hydrogens is 132 g/mol. The van der Waals surface area contributed by atoms with Crippen molar-refractivity contribution in [3.63, 3.8) is 0 Å². The lowest BCUT2D eigenvalue weighted by Gasteiger charge is -1.96. The summed E-state index contributed by atoms with van der Waals surface area (Å²) in [5.41, 5.74) is 2.60. The van der Waals surface area contributed by atoms with Crippen molar-refractivity contribution in [3.05, 3.63) is 18.2 Å². The maximum absolute atomic E-state index is 4.59. The molecule has 0 fully saturated rings. The van der Waals surface area contributed by atoms with Gasteiger partial charge in [-0.25, -0.2) is 4.98 Å². The second kappa shape index (κ2) is 3.86. The Morgan fingerprint density at radius 3 is 3.10 bits per heavy atom. The number of hydrogen-bond donors (Lipinski definition) is 1. The van der Waals surface area contributed by atoms with E-state index in [0.717, 1.165) is 0 Å². The van der Waals surface area contributed by atoms with Gasteiger partial charge in [-0.2, -0.15) is 10.6 Å². The zero-order valence-corrected chi connectivity index (χ0v) is 5.61. The molecule has 0 aliphatic carbocycles. The first-order chi connectivity index (χ1) is 4.93. The standard InChI is InChI=1S/C5H8N4O/c1-10-8-4-5-6-2-3-7-9-5/h2-3,8H,4H2,1H3. The average Bonchev–Trinajstić information content (AvgIpc) is 2.03. The van der Waals surface area contributed by atoms with Crippen LogP contribution in [0, 0.1) is 0 Å². The molecule has 0 bridgehead atoms. The minimum Gasteiger partial charge on any atom is -0.305 e. The van der Waals surface area contributed by atoms with Gasteiger partial charge in [-0.05, 0) is 0 Å². The molecule has 0 aliphatic rings. The number of hydroxylamine groups is 1. The SMILES string of the molecule is CONCc1nccnn1. The van der Waals surface area contributed by atoms with Gasteiger partial charge in [0.05, 0.1) is 19.9 Å². The smallest absolute Gasteiger partial charge is 0.167 e. The Hall–Kier alpha value is -1.07. The normalized spacial score (nSPS) is 9.70. The van der Waals surface area contributed by atoms with E-state index in [-0.39, 0.29) is 0 Å². The van der Waals surface area contributed by atoms with E-state index in [2.05, 4.69) is 25.5 Å². The Morgan fingerprint density at radius 2 is 2.50 bits per heavy atom. The van der Waals surface area contributed by atoms with Gasteiger partial charge in [-0.15, -0.1) is 5.10 Å². The molecule has 0 amide bonds. The van der Waals surface area contributed by atoms with Gasteiger partial charge in [0.2, 0.25) is 0 Å². The lowest BCUT2D eigenvalue weighted by atomic mass is 10.6. The summed E-state index contributed by atoms with van der Waals surface area (Å²) < 4.78 is 0. The molecule has 1 rings (SSSR count). The van der Waals surface area contributed by atoms with E-state index in [9.17, 15) is 0 Å². The summed E-state index contributed by atoms with van der Waals surface area (Å²) in [6.07, 6.45) is 3.11. The summed E-state index contributed by atoms with van der Waals surface area (Å²) in [5.74, 6) is 0.615. The molecule has 5 nitrogen and oxygen atoms in total. The quantitative estimate of drug-likeness (QED) is 0.575. The molecule has 0 aromatic carbocycles. The second-order valence-corrected chi connectivity index (χ2v) is 1.58. The molecule has 0 saturated carbocycles. The molecule has 0 aliphatic heterocycles. The molecule has 1 aromatic rings. The highest BCUT2D eigenvalue weighted by Gasteiger charge is 1.91. The minimum absolute atomic E-state index is 0.477. The monoisotopic (exact) mass is 140 g/mol. The molecule has 54 valence electrons. The van der Waals surface area contributed by atoms with Crippen LogP contribution in [0.15, 0.2) is 12.4 Å². The Morgan fingerprint density at radius 1 is 1.60 bits per heavy atom. The van der Waals surface area contributed by atoms with Gasteiger partial charge in [-0.3, -0.25) is 0 Å². The first kappa shape index (κ1) is 7.04. The van der Waals surface area contributed by atoms with Crippen LogP contribution in [0.25, 0.3) is 0 Å². The van der Waals surface area contributed by atoms with E-state index in [1.807, 2.05) is 0 Å². The summed E-state index contributed by atoms with van der Waals surface area (Å²) in [7, 11) is 1.54. The molecular formula is C5H8N4O. The van der Waals surface area contributed by atoms with Crippen molar-refractivity contribution in [2.45, 2.75) is 6.54 Å². The summed E-state index contributed by atoms with van der Waals surface area (Å²) in [5, 5.41) is 7.34. The van der Waals surface area contributed by atoms with E-state index in [1.165, 1.54) is 13.3 Å². The van der Waals surface area contributed by atoms with Crippen LogP contribution >= 0.6 is 0 Å². The predicted octanol–water partition coefficient (Wildman–Crippen LogP) is -0.477. The number of nitrogens with zero attached hydrogens (tertiary/aromatic N) is 3. The molecule has 5 heteroatoms. The fourth-order valence-electron chi connectivity index (χ4n) is 0.493. The highest BCUT2D eigenvalue weighted by atomic mass is 16.6. The Labute approximate surface area is 58.4 Å². The Kier molecular flexibility index (Phi) is 2.72. The van der Waals surface area contributed by atoms with Crippen molar-refractivity contribution in [1.82, 2.24) is 20.7 Å². The fourth-order valence-corrected chi connectivity index (χ4v) is 0.493. The molecule has 1 heterocycles. The molecule has 10 heavy (non-hydrogen) atoms. The van der Waals surface area contributed by atoms with Crippen LogP contribution in [0.5, 0.6) is 0 Å². The van der Waals surface area contributed by atoms with E-state index in [1.54, 1.807) is 6.20 Å². The van der Waals surface area contributed by atoms with Gasteiger partial charge in [0.15, 0.2) is 5.82 Å². The van der Waals surface area contributed by atoms with E-state index >= 15 is 0 Å². The van der Waals surface area contributed by atoms with Crippen LogP contribution in [0.2, 0.25) is 0 Å². The van der Waals surface area contributed by atoms with Crippen molar-refractivity contribution < 1.29 is 4.84 Å². The molecule has 1 N–H and O–H groups in total. The zero-order valence-electron chi connectivity index (χ0n) is 5.61. The van der Waals surface area contributed by atoms with Gasteiger partial charge in [0.1, 0.15) is 0 Å². The van der Waals surface area contributed by atoms with Crippen molar-refractivity contribution >= 4 is 0 Å². The Balaban J connectivity index is 2.43. The molecule has 0 spiro atoms. The maximum Gasteiger partial charge on any atom is 0.167 e. The van der Waals surface area contributed by atoms with Crippen LogP contribution in [-0.4, -0.2) is 22.3 Å². The molecule has 0 radical (unpaired) electrons. The van der Waals surface area contributed by atoms with Crippen molar-refractivity contribution in [2.75, 3.05) is 7.11 Å². The number of aromatic nitrogens is 3. The third kappa shape index (κ3) is 2.04. The lowest BCUT2D eigenvalue weighted by molar-refractivity contribution is 0.0846. The summed E-state index contributed by atoms with van der Waals surface area (Å²) in [6, 6.07) is 0. The van der Waals surface area contributed by atoms with Crippen LogP contribution in [-0.2, 0) is 11.4 Å². The molecule has 0 atom stereocenters. The fraction of sp³-hybridized carbons (Fsp3) is 0.400. The highest BCUT2D eigenvalue weighted by Crippen LogP contribution is 1.81. The average molecular weight is 140 g/mol. The summed E-state index contributed by atoms with van der Waals surface area (Å²) in [4.78, 5) is 8.49. The zero-order chi connectivity index (χ0) is 7.23. The van der Waals surface area contributed by atoms with Crippen molar-refractivity contribution in [2.24, 2.45) is 0 Å². The van der Waals surface area contributed by atoms with Gasteiger partial charge >= 0.3 is 0 Å². The van der Waals surface area contributed by atoms with Gasteiger partial charge in [0.25, 0.3) is 0 Å². The van der Waals surface area contributed by atoms with E-state index < -0.39 is 0 Å². The van der Waals surface area contributed by atoms with Crippen molar-refractivity contribution in [1.29, 1.82) is 0 Å². The third-order valence-electron chi connectivity index (χ3n) is 0.905. The summed E-state index contributed by atoms with van der Waals surface area (Å²) >= 11 is 0. The predicted molar refractivity (Wildman–Crippen MR) is 33.7 cm³/mol. The topological polar surface area (TPSA) is 59.9 Å². The molecule has 0 unspecified atom stereocenters. The van der Waals surface area contributed by atoms with Crippen LogP contribution in [0.1, 0.15) is 5.82 Å². The number of nitrogens with one attached hydrogen (secondary N) is 1. The molecule has 0 saturated heterocycles. The lowest BCUT2D eigenvalue weighted by Crippen LogP contribution is -2.13. The maximum atomic E-state index is 4.59. The third-order valence-corrected chi connectivity index (χ3v) is 0.905. The minimum atomic E-state index is 0.477. The molecule has 1 aromatic heterocycles. The number of rotatable bonds is 3. The van der Waals surface area contributed by atoms with Crippen LogP contribution in [0.4, 0.5) is 0 Å². The van der Waals surface area contributed by atoms with Gasteiger partial charge < -0.3 is 4.84 Å². The highest BCUT2D eigenvalue weighted by molar-refractivity contribution is 4.78. The van der Waals surface area contributed by atoms with Crippen molar-refractivity contribution in [3.8, 4) is 0 Å². The van der Waals surface area contributed by atoms with Gasteiger partial charge in [-0.1, -0.05) is 0 Å². The van der Waals surface area contributed by atoms with Crippen LogP contribution < -0.4 is 5.48 Å². The first-order valence-electron chi connectivity index (χ1n) is 2.82. The largest absolute Gasteiger partial charge is 0.305 e. The van der Waals surface area contributed by atoms with E-state index in [4.69, 9.17) is 0 Å². The van der Waals surface area contributed by atoms with Gasteiger partial charge in [0, 0.05) is 6.20 Å². The first-order valence-corrected chi connectivity index (χ1v) is 2.82. The van der Waals surface area contributed by atoms with Crippen LogP contribution in [0.3, 0.4) is 0 Å². The Bertz CT molecular complexity index is 178. The second-order valence-electron chi connectivity index (χ2n) is 1.58. The number of hydrogen-bond acceptors (Lipinski definition) is 5. The summed E-state index contributed by atoms with van der Waals surface area (Å²) in [6.45, 7) is 0.477. The van der Waals surface area contributed by atoms with E-state index in [0.29, 0.717) is 12.4 Å².